The molecule has 0 aromatic carbocycles. The molecule has 1 heterocycles. The van der Waals surface area contributed by atoms with Crippen LogP contribution in [0.25, 0.3) is 0 Å². The zero-order chi connectivity index (χ0) is 13.9. The first kappa shape index (κ1) is 14.1. The van der Waals surface area contributed by atoms with Crippen molar-refractivity contribution in [1.29, 1.82) is 0 Å². The lowest BCUT2D eigenvalue weighted by molar-refractivity contribution is 0.222. The van der Waals surface area contributed by atoms with Gasteiger partial charge in [-0.1, -0.05) is 13.8 Å². The van der Waals surface area contributed by atoms with Gasteiger partial charge in [-0.3, -0.25) is 0 Å². The van der Waals surface area contributed by atoms with Gasteiger partial charge in [0.05, 0.1) is 0 Å². The summed E-state index contributed by atoms with van der Waals surface area (Å²) in [6.45, 7) is 7.71. The van der Waals surface area contributed by atoms with Crippen LogP contribution >= 0.6 is 0 Å². The van der Waals surface area contributed by atoms with E-state index in [-0.39, 0.29) is 0 Å². The molecular weight excluding hydrogens is 236 g/mol. The van der Waals surface area contributed by atoms with Crippen LogP contribution < -0.4 is 10.2 Å². The van der Waals surface area contributed by atoms with Gasteiger partial charge in [0.15, 0.2) is 0 Å². The smallest absolute Gasteiger partial charge is 0.134 e. The summed E-state index contributed by atoms with van der Waals surface area (Å²) in [6, 6.07) is 2.65. The van der Waals surface area contributed by atoms with Crippen molar-refractivity contribution in [2.24, 2.45) is 5.41 Å². The standard InChI is InChI=1S/C15H26N4/c1-5-16-13-10-14(18-11-17-13)19(4)12-6-8-15(2,3)9-7-12/h10-12H,5-9H2,1-4H3,(H,16,17,18). The fraction of sp³-hybridized carbons (Fsp3) is 0.733. The Balaban J connectivity index is 2.03. The van der Waals surface area contributed by atoms with Gasteiger partial charge >= 0.3 is 0 Å². The summed E-state index contributed by atoms with van der Waals surface area (Å²) in [4.78, 5) is 11.0. The molecule has 1 aromatic heterocycles. The van der Waals surface area contributed by atoms with Gasteiger partial charge in [0.25, 0.3) is 0 Å². The molecule has 0 radical (unpaired) electrons. The van der Waals surface area contributed by atoms with Gasteiger partial charge in [0, 0.05) is 25.7 Å². The highest BCUT2D eigenvalue weighted by Crippen LogP contribution is 2.37. The Bertz CT molecular complexity index is 406. The summed E-state index contributed by atoms with van der Waals surface area (Å²) in [5, 5.41) is 3.24. The van der Waals surface area contributed by atoms with E-state index in [1.807, 2.05) is 6.07 Å². The summed E-state index contributed by atoms with van der Waals surface area (Å²) in [5.41, 5.74) is 0.512. The molecule has 1 aliphatic rings. The van der Waals surface area contributed by atoms with Crippen LogP contribution in [0, 0.1) is 5.41 Å². The van der Waals surface area contributed by atoms with Crippen molar-refractivity contribution in [1.82, 2.24) is 9.97 Å². The second kappa shape index (κ2) is 5.76. The Morgan fingerprint density at radius 3 is 2.63 bits per heavy atom. The zero-order valence-corrected chi connectivity index (χ0v) is 12.6. The average Bonchev–Trinajstić information content (AvgIpc) is 2.39. The number of anilines is 2. The first-order valence-corrected chi connectivity index (χ1v) is 7.30. The predicted molar refractivity (Wildman–Crippen MR) is 80.6 cm³/mol. The first-order chi connectivity index (χ1) is 9.02. The largest absolute Gasteiger partial charge is 0.370 e. The number of rotatable bonds is 4. The van der Waals surface area contributed by atoms with Crippen molar-refractivity contribution in [2.45, 2.75) is 52.5 Å². The molecule has 2 rings (SSSR count). The second-order valence-electron chi connectivity index (χ2n) is 6.30. The van der Waals surface area contributed by atoms with Crippen molar-refractivity contribution < 1.29 is 0 Å². The molecule has 1 saturated carbocycles. The number of hydrogen-bond acceptors (Lipinski definition) is 4. The Kier molecular flexibility index (Phi) is 4.27. The van der Waals surface area contributed by atoms with Gasteiger partial charge in [-0.15, -0.1) is 0 Å². The molecule has 4 heteroatoms. The lowest BCUT2D eigenvalue weighted by atomic mass is 9.75. The predicted octanol–water partition coefficient (Wildman–Crippen LogP) is 3.31. The molecular formula is C15H26N4. The fourth-order valence-corrected chi connectivity index (χ4v) is 2.78. The molecule has 106 valence electrons. The van der Waals surface area contributed by atoms with Crippen LogP contribution in [0.5, 0.6) is 0 Å². The van der Waals surface area contributed by atoms with E-state index >= 15 is 0 Å². The molecule has 1 fully saturated rings. The molecule has 0 bridgehead atoms. The van der Waals surface area contributed by atoms with Crippen molar-refractivity contribution in [3.63, 3.8) is 0 Å². The van der Waals surface area contributed by atoms with E-state index in [2.05, 4.69) is 48.0 Å². The normalized spacial score (nSPS) is 19.2. The highest BCUT2D eigenvalue weighted by molar-refractivity contribution is 5.48. The van der Waals surface area contributed by atoms with Crippen LogP contribution in [-0.2, 0) is 0 Å². The Labute approximate surface area is 116 Å². The summed E-state index contributed by atoms with van der Waals surface area (Å²) in [7, 11) is 2.15. The number of hydrogen-bond donors (Lipinski definition) is 1. The molecule has 0 aliphatic heterocycles. The Morgan fingerprint density at radius 1 is 1.32 bits per heavy atom. The van der Waals surface area contributed by atoms with Crippen molar-refractivity contribution in [3.05, 3.63) is 12.4 Å². The van der Waals surface area contributed by atoms with E-state index in [9.17, 15) is 0 Å². The number of nitrogens with zero attached hydrogens (tertiary/aromatic N) is 3. The van der Waals surface area contributed by atoms with E-state index in [1.54, 1.807) is 6.33 Å². The van der Waals surface area contributed by atoms with Crippen molar-refractivity contribution >= 4 is 11.6 Å². The molecule has 0 unspecified atom stereocenters. The number of aromatic nitrogens is 2. The SMILES string of the molecule is CCNc1cc(N(C)C2CCC(C)(C)CC2)ncn1. The highest BCUT2D eigenvalue weighted by atomic mass is 15.2. The van der Waals surface area contributed by atoms with E-state index in [1.165, 1.54) is 25.7 Å². The topological polar surface area (TPSA) is 41.0 Å². The molecule has 4 nitrogen and oxygen atoms in total. The van der Waals surface area contributed by atoms with Gasteiger partial charge in [-0.25, -0.2) is 9.97 Å². The minimum absolute atomic E-state index is 0.512. The van der Waals surface area contributed by atoms with Gasteiger partial charge in [-0.05, 0) is 38.0 Å². The summed E-state index contributed by atoms with van der Waals surface area (Å²) < 4.78 is 0. The van der Waals surface area contributed by atoms with Crippen LogP contribution in [0.15, 0.2) is 12.4 Å². The fourth-order valence-electron chi connectivity index (χ4n) is 2.78. The quantitative estimate of drug-likeness (QED) is 0.904. The minimum Gasteiger partial charge on any atom is -0.370 e. The minimum atomic E-state index is 0.512. The van der Waals surface area contributed by atoms with Crippen LogP contribution in [0.1, 0.15) is 46.5 Å². The van der Waals surface area contributed by atoms with Crippen molar-refractivity contribution in [3.8, 4) is 0 Å². The molecule has 0 saturated heterocycles. The van der Waals surface area contributed by atoms with E-state index in [0.29, 0.717) is 11.5 Å². The first-order valence-electron chi connectivity index (χ1n) is 7.30. The van der Waals surface area contributed by atoms with E-state index < -0.39 is 0 Å². The van der Waals surface area contributed by atoms with Gasteiger partial charge in [0.2, 0.25) is 0 Å². The zero-order valence-electron chi connectivity index (χ0n) is 12.6. The summed E-state index contributed by atoms with van der Waals surface area (Å²) in [6.07, 6.45) is 6.75. The lowest BCUT2D eigenvalue weighted by Gasteiger charge is -2.39. The van der Waals surface area contributed by atoms with Crippen LogP contribution in [0.3, 0.4) is 0 Å². The van der Waals surface area contributed by atoms with Gasteiger partial charge in [0.1, 0.15) is 18.0 Å². The van der Waals surface area contributed by atoms with E-state index in [0.717, 1.165) is 18.2 Å². The maximum Gasteiger partial charge on any atom is 0.134 e. The third-order valence-corrected chi connectivity index (χ3v) is 4.23. The second-order valence-corrected chi connectivity index (χ2v) is 6.30. The average molecular weight is 262 g/mol. The third kappa shape index (κ3) is 3.58. The van der Waals surface area contributed by atoms with Crippen LogP contribution in [-0.4, -0.2) is 29.6 Å². The monoisotopic (exact) mass is 262 g/mol. The maximum atomic E-state index is 4.41. The molecule has 1 aromatic rings. The molecule has 19 heavy (non-hydrogen) atoms. The highest BCUT2D eigenvalue weighted by Gasteiger charge is 2.29. The van der Waals surface area contributed by atoms with Crippen LogP contribution in [0.2, 0.25) is 0 Å². The molecule has 0 spiro atoms. The number of nitrogens with one attached hydrogen (secondary N) is 1. The molecule has 1 N–H and O–H groups in total. The summed E-state index contributed by atoms with van der Waals surface area (Å²) >= 11 is 0. The van der Waals surface area contributed by atoms with Crippen molar-refractivity contribution in [2.75, 3.05) is 23.8 Å². The molecule has 1 aliphatic carbocycles. The maximum absolute atomic E-state index is 4.41. The Hall–Kier alpha value is -1.32. The lowest BCUT2D eigenvalue weighted by Crippen LogP contribution is -2.37. The third-order valence-electron chi connectivity index (χ3n) is 4.23. The van der Waals surface area contributed by atoms with Gasteiger partial charge in [-0.2, -0.15) is 0 Å². The summed E-state index contributed by atoms with van der Waals surface area (Å²) in [5.74, 6) is 1.94. The van der Waals surface area contributed by atoms with Gasteiger partial charge < -0.3 is 10.2 Å². The Morgan fingerprint density at radius 2 is 2.00 bits per heavy atom. The molecule has 0 amide bonds. The van der Waals surface area contributed by atoms with Crippen LogP contribution in [0.4, 0.5) is 11.6 Å². The van der Waals surface area contributed by atoms with E-state index in [4.69, 9.17) is 0 Å². The molecule has 0 atom stereocenters.